The van der Waals surface area contributed by atoms with Gasteiger partial charge in [-0.15, -0.1) is 0 Å². The highest BCUT2D eigenvalue weighted by molar-refractivity contribution is 5.79. The second-order valence-corrected chi connectivity index (χ2v) is 6.39. The number of aliphatic hydroxyl groups is 1. The molecule has 1 unspecified atom stereocenters. The summed E-state index contributed by atoms with van der Waals surface area (Å²) in [6.07, 6.45) is 0.631. The van der Waals surface area contributed by atoms with Gasteiger partial charge in [-0.3, -0.25) is 4.99 Å². The van der Waals surface area contributed by atoms with Gasteiger partial charge in [-0.05, 0) is 12.5 Å². The largest absolute Gasteiger partial charge is 0.396 e. The van der Waals surface area contributed by atoms with E-state index in [4.69, 9.17) is 4.52 Å². The lowest BCUT2D eigenvalue weighted by Crippen LogP contribution is -2.38. The van der Waals surface area contributed by atoms with Gasteiger partial charge < -0.3 is 20.3 Å². The fraction of sp³-hybridized carbons (Fsp3) is 0.526. The van der Waals surface area contributed by atoms with Crippen LogP contribution in [-0.2, 0) is 6.42 Å². The number of aromatic nitrogens is 2. The Morgan fingerprint density at radius 2 is 2.00 bits per heavy atom. The average molecular weight is 359 g/mol. The molecule has 0 aliphatic heterocycles. The second-order valence-electron chi connectivity index (χ2n) is 6.39. The van der Waals surface area contributed by atoms with Crippen molar-refractivity contribution in [2.75, 3.05) is 26.2 Å². The minimum atomic E-state index is -0.0174. The number of hydrogen-bond donors (Lipinski definition) is 3. The van der Waals surface area contributed by atoms with Gasteiger partial charge in [0.15, 0.2) is 11.8 Å². The first-order valence-corrected chi connectivity index (χ1v) is 9.14. The Bertz CT molecular complexity index is 670. The van der Waals surface area contributed by atoms with Gasteiger partial charge in [-0.1, -0.05) is 49.3 Å². The summed E-state index contributed by atoms with van der Waals surface area (Å²) in [5.41, 5.74) is 1.08. The van der Waals surface area contributed by atoms with Crippen molar-refractivity contribution < 1.29 is 9.63 Å². The predicted molar refractivity (Wildman–Crippen MR) is 102 cm³/mol. The van der Waals surface area contributed by atoms with Crippen LogP contribution in [0, 0.1) is 0 Å². The van der Waals surface area contributed by atoms with Crippen LogP contribution in [0.1, 0.15) is 49.9 Å². The summed E-state index contributed by atoms with van der Waals surface area (Å²) in [6.45, 7) is 8.06. The number of nitrogens with zero attached hydrogens (tertiary/aromatic N) is 3. The van der Waals surface area contributed by atoms with E-state index < -0.39 is 0 Å². The van der Waals surface area contributed by atoms with Crippen LogP contribution < -0.4 is 10.6 Å². The van der Waals surface area contributed by atoms with Gasteiger partial charge in [0.2, 0.25) is 5.89 Å². The summed E-state index contributed by atoms with van der Waals surface area (Å²) in [5.74, 6) is 2.30. The molecule has 1 aromatic carbocycles. The maximum Gasteiger partial charge on any atom is 0.228 e. The van der Waals surface area contributed by atoms with Crippen molar-refractivity contribution in [1.82, 2.24) is 20.8 Å². The summed E-state index contributed by atoms with van der Waals surface area (Å²) >= 11 is 0. The fourth-order valence-corrected chi connectivity index (χ4v) is 2.43. The van der Waals surface area contributed by atoms with Crippen molar-refractivity contribution in [1.29, 1.82) is 0 Å². The standard InChI is InChI=1S/C19H29N5O2/c1-4-20-19(21-11-10-17-23-18(14(2)3)24-26-17)22-12-16(13-25)15-8-6-5-7-9-15/h5-9,14,16,25H,4,10-13H2,1-3H3,(H2,20,21,22). The van der Waals surface area contributed by atoms with Gasteiger partial charge in [0.25, 0.3) is 0 Å². The van der Waals surface area contributed by atoms with E-state index in [-0.39, 0.29) is 18.4 Å². The highest BCUT2D eigenvalue weighted by Gasteiger charge is 2.11. The zero-order valence-electron chi connectivity index (χ0n) is 15.8. The molecule has 7 nitrogen and oxygen atoms in total. The van der Waals surface area contributed by atoms with E-state index >= 15 is 0 Å². The quantitative estimate of drug-likeness (QED) is 0.469. The third-order valence-electron chi connectivity index (χ3n) is 3.94. The molecular weight excluding hydrogens is 330 g/mol. The van der Waals surface area contributed by atoms with Crippen molar-refractivity contribution in [2.45, 2.75) is 39.0 Å². The normalized spacial score (nSPS) is 13.0. The Labute approximate surface area is 154 Å². The maximum absolute atomic E-state index is 9.66. The Kier molecular flexibility index (Phi) is 8.08. The number of guanidine groups is 1. The number of rotatable bonds is 9. The lowest BCUT2D eigenvalue weighted by Gasteiger charge is -2.15. The molecule has 7 heteroatoms. The molecule has 142 valence electrons. The van der Waals surface area contributed by atoms with Crippen LogP contribution in [-0.4, -0.2) is 47.4 Å². The minimum absolute atomic E-state index is 0.0174. The molecule has 0 spiro atoms. The number of nitrogens with one attached hydrogen (secondary N) is 2. The molecule has 0 fully saturated rings. The smallest absolute Gasteiger partial charge is 0.228 e. The molecule has 0 saturated carbocycles. The van der Waals surface area contributed by atoms with Crippen molar-refractivity contribution in [3.05, 3.63) is 47.6 Å². The van der Waals surface area contributed by atoms with Crippen LogP contribution in [0.4, 0.5) is 0 Å². The van der Waals surface area contributed by atoms with Crippen LogP contribution in [0.3, 0.4) is 0 Å². The Hall–Kier alpha value is -2.41. The fourth-order valence-electron chi connectivity index (χ4n) is 2.43. The van der Waals surface area contributed by atoms with Gasteiger partial charge in [-0.2, -0.15) is 4.98 Å². The van der Waals surface area contributed by atoms with Gasteiger partial charge >= 0.3 is 0 Å². The molecule has 0 amide bonds. The van der Waals surface area contributed by atoms with E-state index in [1.165, 1.54) is 0 Å². The number of aliphatic imine (C=N–C) groups is 1. The SMILES string of the molecule is CCNC(=NCC(CO)c1ccccc1)NCCc1nc(C(C)C)no1. The van der Waals surface area contributed by atoms with E-state index in [0.717, 1.165) is 17.9 Å². The monoisotopic (exact) mass is 359 g/mol. The topological polar surface area (TPSA) is 95.6 Å². The third-order valence-corrected chi connectivity index (χ3v) is 3.94. The molecule has 0 aliphatic carbocycles. The minimum Gasteiger partial charge on any atom is -0.396 e. The van der Waals surface area contributed by atoms with Crippen LogP contribution in [0.25, 0.3) is 0 Å². The van der Waals surface area contributed by atoms with Crippen LogP contribution in [0.5, 0.6) is 0 Å². The zero-order valence-corrected chi connectivity index (χ0v) is 15.8. The summed E-state index contributed by atoms with van der Waals surface area (Å²) in [6, 6.07) is 9.94. The van der Waals surface area contributed by atoms with Crippen molar-refractivity contribution in [2.24, 2.45) is 4.99 Å². The zero-order chi connectivity index (χ0) is 18.8. The first-order valence-electron chi connectivity index (χ1n) is 9.14. The van der Waals surface area contributed by atoms with Crippen LogP contribution in [0.15, 0.2) is 39.8 Å². The molecule has 0 saturated heterocycles. The molecule has 1 atom stereocenters. The summed E-state index contributed by atoms with van der Waals surface area (Å²) in [7, 11) is 0. The maximum atomic E-state index is 9.66. The van der Waals surface area contributed by atoms with E-state index in [9.17, 15) is 5.11 Å². The Balaban J connectivity index is 1.89. The average Bonchev–Trinajstić information content (AvgIpc) is 3.12. The number of hydrogen-bond acceptors (Lipinski definition) is 5. The molecule has 26 heavy (non-hydrogen) atoms. The second kappa shape index (κ2) is 10.6. The molecule has 0 bridgehead atoms. The first-order chi connectivity index (χ1) is 12.6. The Morgan fingerprint density at radius 1 is 1.23 bits per heavy atom. The predicted octanol–water partition coefficient (Wildman–Crippen LogP) is 2.07. The lowest BCUT2D eigenvalue weighted by atomic mass is 10.0. The van der Waals surface area contributed by atoms with Gasteiger partial charge in [0.1, 0.15) is 0 Å². The Morgan fingerprint density at radius 3 is 2.62 bits per heavy atom. The summed E-state index contributed by atoms with van der Waals surface area (Å²) < 4.78 is 5.25. The highest BCUT2D eigenvalue weighted by Crippen LogP contribution is 2.15. The first kappa shape index (κ1) is 19.9. The van der Waals surface area contributed by atoms with E-state index in [1.807, 2.05) is 51.1 Å². The van der Waals surface area contributed by atoms with Gasteiger partial charge in [0, 0.05) is 31.3 Å². The summed E-state index contributed by atoms with van der Waals surface area (Å²) in [5, 5.41) is 20.1. The number of aliphatic hydroxyl groups excluding tert-OH is 1. The van der Waals surface area contributed by atoms with E-state index in [2.05, 4.69) is 25.8 Å². The molecule has 3 N–H and O–H groups in total. The van der Waals surface area contributed by atoms with Gasteiger partial charge in [-0.25, -0.2) is 0 Å². The molecule has 1 aromatic heterocycles. The molecule has 0 radical (unpaired) electrons. The lowest BCUT2D eigenvalue weighted by molar-refractivity contribution is 0.268. The summed E-state index contributed by atoms with van der Waals surface area (Å²) in [4.78, 5) is 8.96. The van der Waals surface area contributed by atoms with Crippen LogP contribution in [0.2, 0.25) is 0 Å². The van der Waals surface area contributed by atoms with Gasteiger partial charge in [0.05, 0.1) is 13.2 Å². The van der Waals surface area contributed by atoms with Crippen LogP contribution >= 0.6 is 0 Å². The molecule has 2 aromatic rings. The van der Waals surface area contributed by atoms with E-state index in [1.54, 1.807) is 0 Å². The molecule has 0 aliphatic rings. The van der Waals surface area contributed by atoms with Crippen molar-refractivity contribution >= 4 is 5.96 Å². The molecule has 1 heterocycles. The highest BCUT2D eigenvalue weighted by atomic mass is 16.5. The van der Waals surface area contributed by atoms with Crippen molar-refractivity contribution in [3.63, 3.8) is 0 Å². The van der Waals surface area contributed by atoms with Crippen molar-refractivity contribution in [3.8, 4) is 0 Å². The van der Waals surface area contributed by atoms with E-state index in [0.29, 0.717) is 31.4 Å². The molecular formula is C19H29N5O2. The number of benzene rings is 1. The molecule has 2 rings (SSSR count). The third kappa shape index (κ3) is 6.15.